The van der Waals surface area contributed by atoms with Crippen LogP contribution in [-0.4, -0.2) is 23.9 Å². The molecule has 0 aliphatic heterocycles. The predicted molar refractivity (Wildman–Crippen MR) is 77.0 cm³/mol. The van der Waals surface area contributed by atoms with Crippen LogP contribution in [0.3, 0.4) is 0 Å². The first kappa shape index (κ1) is 12.7. The van der Waals surface area contributed by atoms with Crippen LogP contribution in [-0.2, 0) is 0 Å². The lowest BCUT2D eigenvalue weighted by Gasteiger charge is -2.17. The van der Waals surface area contributed by atoms with E-state index in [9.17, 15) is 4.79 Å². The predicted octanol–water partition coefficient (Wildman–Crippen LogP) is 3.44. The van der Waals surface area contributed by atoms with E-state index >= 15 is 0 Å². The van der Waals surface area contributed by atoms with Crippen molar-refractivity contribution in [2.24, 2.45) is 0 Å². The number of hydrogen-bond donors (Lipinski definition) is 0. The van der Waals surface area contributed by atoms with Gasteiger partial charge in [0, 0.05) is 16.7 Å². The highest BCUT2D eigenvalue weighted by atomic mass is 127. The Morgan fingerprint density at radius 1 is 1.43 bits per heavy atom. The largest absolute Gasteiger partial charge is 0.338 e. The van der Waals surface area contributed by atoms with Gasteiger partial charge in [-0.25, -0.2) is 0 Å². The number of amides is 1. The Hall–Kier alpha value is 0.630. The van der Waals surface area contributed by atoms with Crippen LogP contribution in [0.5, 0.6) is 0 Å². The SMILES string of the molecule is CCN(CC)C(=O)c1sc(I)cc1I. The van der Waals surface area contributed by atoms with Crippen molar-refractivity contribution in [3.63, 3.8) is 0 Å². The molecule has 1 heterocycles. The van der Waals surface area contributed by atoms with Crippen molar-refractivity contribution in [2.45, 2.75) is 13.8 Å². The molecule has 0 bridgehead atoms. The third kappa shape index (κ3) is 2.82. The molecule has 5 heteroatoms. The summed E-state index contributed by atoms with van der Waals surface area (Å²) >= 11 is 6.04. The van der Waals surface area contributed by atoms with Crippen molar-refractivity contribution in [3.05, 3.63) is 17.4 Å². The standard InChI is InChI=1S/C9H11I2NOS/c1-3-12(4-2)9(13)8-6(10)5-7(11)14-8/h5H,3-4H2,1-2H3. The molecule has 0 radical (unpaired) electrons. The first-order valence-electron chi connectivity index (χ1n) is 4.34. The number of carbonyl (C=O) groups excluding carboxylic acids is 1. The molecule has 14 heavy (non-hydrogen) atoms. The number of rotatable bonds is 3. The van der Waals surface area contributed by atoms with Gasteiger partial charge in [-0.15, -0.1) is 11.3 Å². The van der Waals surface area contributed by atoms with Gasteiger partial charge in [0.2, 0.25) is 0 Å². The van der Waals surface area contributed by atoms with Crippen LogP contribution >= 0.6 is 56.5 Å². The fourth-order valence-corrected chi connectivity index (χ4v) is 4.54. The average molecular weight is 435 g/mol. The quantitative estimate of drug-likeness (QED) is 0.667. The minimum absolute atomic E-state index is 0.160. The molecule has 0 N–H and O–H groups in total. The zero-order valence-corrected chi connectivity index (χ0v) is 13.1. The van der Waals surface area contributed by atoms with Crippen LogP contribution < -0.4 is 0 Å². The Kier molecular flexibility index (Phi) is 5.12. The van der Waals surface area contributed by atoms with E-state index in [0.717, 1.165) is 21.5 Å². The smallest absolute Gasteiger partial charge is 0.265 e. The molecule has 2 nitrogen and oxygen atoms in total. The van der Waals surface area contributed by atoms with Crippen molar-refractivity contribution >= 4 is 62.4 Å². The molecular formula is C9H11I2NOS. The van der Waals surface area contributed by atoms with E-state index < -0.39 is 0 Å². The monoisotopic (exact) mass is 435 g/mol. The Labute approximate surface area is 115 Å². The molecule has 0 saturated carbocycles. The molecule has 0 aliphatic carbocycles. The summed E-state index contributed by atoms with van der Waals surface area (Å²) in [5, 5.41) is 0. The van der Waals surface area contributed by atoms with Crippen LogP contribution in [0.25, 0.3) is 0 Å². The minimum Gasteiger partial charge on any atom is -0.338 e. The number of halogens is 2. The second-order valence-corrected chi connectivity index (χ2v) is 6.81. The Bertz CT molecular complexity index is 334. The van der Waals surface area contributed by atoms with E-state index in [4.69, 9.17) is 0 Å². The van der Waals surface area contributed by atoms with E-state index in [1.807, 2.05) is 24.8 Å². The summed E-state index contributed by atoms with van der Waals surface area (Å²) in [7, 11) is 0. The second kappa shape index (κ2) is 5.64. The van der Waals surface area contributed by atoms with Gasteiger partial charge in [0.15, 0.2) is 0 Å². The van der Waals surface area contributed by atoms with Crippen molar-refractivity contribution in [1.82, 2.24) is 4.90 Å². The fraction of sp³-hybridized carbons (Fsp3) is 0.444. The maximum atomic E-state index is 12.0. The first-order valence-corrected chi connectivity index (χ1v) is 7.31. The summed E-state index contributed by atoms with van der Waals surface area (Å²) in [6.07, 6.45) is 0. The summed E-state index contributed by atoms with van der Waals surface area (Å²) < 4.78 is 2.23. The maximum absolute atomic E-state index is 12.0. The molecule has 0 aromatic carbocycles. The van der Waals surface area contributed by atoms with Gasteiger partial charge in [-0.1, -0.05) is 0 Å². The molecule has 0 fully saturated rings. The van der Waals surface area contributed by atoms with Crippen LogP contribution in [0.15, 0.2) is 6.07 Å². The van der Waals surface area contributed by atoms with Crippen LogP contribution in [0.4, 0.5) is 0 Å². The van der Waals surface area contributed by atoms with Gasteiger partial charge in [0.05, 0.1) is 2.88 Å². The molecule has 0 spiro atoms. The minimum atomic E-state index is 0.160. The Balaban J connectivity index is 2.93. The number of carbonyl (C=O) groups is 1. The van der Waals surface area contributed by atoms with Gasteiger partial charge in [-0.2, -0.15) is 0 Å². The molecule has 0 aliphatic rings. The van der Waals surface area contributed by atoms with Gasteiger partial charge in [-0.05, 0) is 65.1 Å². The zero-order valence-electron chi connectivity index (χ0n) is 8.01. The topological polar surface area (TPSA) is 20.3 Å². The second-order valence-electron chi connectivity index (χ2n) is 2.71. The van der Waals surface area contributed by atoms with E-state index in [2.05, 4.69) is 45.2 Å². The van der Waals surface area contributed by atoms with Crippen molar-refractivity contribution in [2.75, 3.05) is 13.1 Å². The molecule has 1 aromatic rings. The van der Waals surface area contributed by atoms with Gasteiger partial charge >= 0.3 is 0 Å². The van der Waals surface area contributed by atoms with Crippen LogP contribution in [0, 0.1) is 6.45 Å². The highest BCUT2D eigenvalue weighted by Gasteiger charge is 2.18. The highest BCUT2D eigenvalue weighted by molar-refractivity contribution is 14.1. The number of hydrogen-bond acceptors (Lipinski definition) is 2. The zero-order chi connectivity index (χ0) is 10.7. The van der Waals surface area contributed by atoms with Gasteiger partial charge < -0.3 is 4.90 Å². The van der Waals surface area contributed by atoms with Crippen LogP contribution in [0.1, 0.15) is 23.5 Å². The van der Waals surface area contributed by atoms with Gasteiger partial charge in [0.1, 0.15) is 4.88 Å². The van der Waals surface area contributed by atoms with Gasteiger partial charge in [0.25, 0.3) is 5.91 Å². The molecule has 1 aromatic heterocycles. The lowest BCUT2D eigenvalue weighted by Crippen LogP contribution is -2.30. The fourth-order valence-electron chi connectivity index (χ4n) is 1.14. The van der Waals surface area contributed by atoms with E-state index in [1.165, 1.54) is 2.88 Å². The van der Waals surface area contributed by atoms with E-state index in [0.29, 0.717) is 0 Å². The average Bonchev–Trinajstić information content (AvgIpc) is 2.47. The Morgan fingerprint density at radius 2 is 2.00 bits per heavy atom. The van der Waals surface area contributed by atoms with Crippen LogP contribution in [0.2, 0.25) is 0 Å². The van der Waals surface area contributed by atoms with Crippen molar-refractivity contribution in [1.29, 1.82) is 0 Å². The molecule has 0 atom stereocenters. The highest BCUT2D eigenvalue weighted by Crippen LogP contribution is 2.26. The normalized spacial score (nSPS) is 10.3. The molecule has 1 rings (SSSR count). The first-order chi connectivity index (χ1) is 6.60. The third-order valence-electron chi connectivity index (χ3n) is 1.90. The lowest BCUT2D eigenvalue weighted by atomic mass is 10.4. The molecule has 0 saturated heterocycles. The maximum Gasteiger partial charge on any atom is 0.265 e. The molecular weight excluding hydrogens is 424 g/mol. The summed E-state index contributed by atoms with van der Waals surface area (Å²) in [6.45, 7) is 5.57. The summed E-state index contributed by atoms with van der Waals surface area (Å²) in [5.74, 6) is 0.160. The lowest BCUT2D eigenvalue weighted by molar-refractivity contribution is 0.0777. The summed E-state index contributed by atoms with van der Waals surface area (Å²) in [6, 6.07) is 2.04. The summed E-state index contributed by atoms with van der Waals surface area (Å²) in [4.78, 5) is 14.7. The summed E-state index contributed by atoms with van der Waals surface area (Å²) in [5.41, 5.74) is 0. The van der Waals surface area contributed by atoms with E-state index in [1.54, 1.807) is 11.3 Å². The number of nitrogens with zero attached hydrogens (tertiary/aromatic N) is 1. The number of thiophene rings is 1. The van der Waals surface area contributed by atoms with Crippen molar-refractivity contribution in [3.8, 4) is 0 Å². The van der Waals surface area contributed by atoms with Crippen molar-refractivity contribution < 1.29 is 4.79 Å². The van der Waals surface area contributed by atoms with Gasteiger partial charge in [-0.3, -0.25) is 4.79 Å². The molecule has 78 valence electrons. The van der Waals surface area contributed by atoms with E-state index in [-0.39, 0.29) is 5.91 Å². The molecule has 0 unspecified atom stereocenters. The Morgan fingerprint density at radius 3 is 2.36 bits per heavy atom. The molecule has 1 amide bonds. The third-order valence-corrected chi connectivity index (χ3v) is 5.00.